The lowest BCUT2D eigenvalue weighted by Crippen LogP contribution is -2.40. The van der Waals surface area contributed by atoms with E-state index in [-0.39, 0.29) is 6.03 Å². The molecule has 1 aromatic carbocycles. The molecule has 1 aromatic rings. The van der Waals surface area contributed by atoms with Gasteiger partial charge in [-0.15, -0.1) is 0 Å². The monoisotopic (exact) mass is 245 g/mol. The fourth-order valence-electron chi connectivity index (χ4n) is 2.85. The van der Waals surface area contributed by atoms with Crippen LogP contribution in [0.1, 0.15) is 24.0 Å². The summed E-state index contributed by atoms with van der Waals surface area (Å²) in [5, 5.41) is 0. The number of anilines is 2. The summed E-state index contributed by atoms with van der Waals surface area (Å²) in [5.41, 5.74) is 10.1. The molecule has 0 aromatic heterocycles. The van der Waals surface area contributed by atoms with Crippen LogP contribution in [-0.2, 0) is 6.42 Å². The highest BCUT2D eigenvalue weighted by atomic mass is 16.2. The predicted molar refractivity (Wildman–Crippen MR) is 72.8 cm³/mol. The van der Waals surface area contributed by atoms with Crippen molar-refractivity contribution in [3.8, 4) is 0 Å². The number of hydrogen-bond donors (Lipinski definition) is 1. The third kappa shape index (κ3) is 1.72. The Balaban J connectivity index is 1.89. The molecule has 0 radical (unpaired) electrons. The second-order valence-electron chi connectivity index (χ2n) is 5.22. The molecule has 0 unspecified atom stereocenters. The number of hydrogen-bond acceptors (Lipinski definition) is 2. The molecule has 3 rings (SSSR count). The third-order valence-electron chi connectivity index (χ3n) is 3.97. The van der Waals surface area contributed by atoms with E-state index in [0.717, 1.165) is 55.8 Å². The summed E-state index contributed by atoms with van der Waals surface area (Å²) in [4.78, 5) is 16.3. The van der Waals surface area contributed by atoms with Gasteiger partial charge in [0.25, 0.3) is 0 Å². The van der Waals surface area contributed by atoms with E-state index in [1.54, 1.807) is 0 Å². The topological polar surface area (TPSA) is 49.6 Å². The van der Waals surface area contributed by atoms with Gasteiger partial charge in [-0.05, 0) is 43.4 Å². The smallest absolute Gasteiger partial charge is 0.324 e. The van der Waals surface area contributed by atoms with Crippen LogP contribution in [0.2, 0.25) is 0 Å². The van der Waals surface area contributed by atoms with Crippen molar-refractivity contribution in [1.82, 2.24) is 4.90 Å². The number of carbonyl (C=O) groups is 1. The molecule has 0 spiro atoms. The molecule has 1 fully saturated rings. The molecule has 2 aliphatic heterocycles. The van der Waals surface area contributed by atoms with Crippen LogP contribution in [0.4, 0.5) is 16.2 Å². The molecule has 0 atom stereocenters. The summed E-state index contributed by atoms with van der Waals surface area (Å²) in [6, 6.07) is 4.21. The lowest BCUT2D eigenvalue weighted by Gasteiger charge is -2.24. The van der Waals surface area contributed by atoms with Crippen LogP contribution in [0.5, 0.6) is 0 Å². The van der Waals surface area contributed by atoms with E-state index in [4.69, 9.17) is 5.73 Å². The summed E-state index contributed by atoms with van der Waals surface area (Å²) < 4.78 is 0. The zero-order valence-corrected chi connectivity index (χ0v) is 10.8. The van der Waals surface area contributed by atoms with Gasteiger partial charge in [-0.1, -0.05) is 6.07 Å². The van der Waals surface area contributed by atoms with Crippen LogP contribution in [0, 0.1) is 6.92 Å². The highest BCUT2D eigenvalue weighted by molar-refractivity contribution is 5.95. The van der Waals surface area contributed by atoms with Crippen LogP contribution in [0.25, 0.3) is 0 Å². The van der Waals surface area contributed by atoms with E-state index < -0.39 is 0 Å². The van der Waals surface area contributed by atoms with Crippen LogP contribution >= 0.6 is 0 Å². The Morgan fingerprint density at radius 2 is 1.94 bits per heavy atom. The SMILES string of the molecule is Cc1cc2c(cc1N)N(C(=O)N1CCCC1)CC2. The van der Waals surface area contributed by atoms with E-state index in [2.05, 4.69) is 6.07 Å². The second-order valence-corrected chi connectivity index (χ2v) is 5.22. The molecule has 4 heteroatoms. The maximum absolute atomic E-state index is 12.4. The summed E-state index contributed by atoms with van der Waals surface area (Å²) in [7, 11) is 0. The fourth-order valence-corrected chi connectivity index (χ4v) is 2.85. The van der Waals surface area contributed by atoms with Gasteiger partial charge in [0.05, 0.1) is 5.69 Å². The molecule has 96 valence electrons. The van der Waals surface area contributed by atoms with Crippen molar-refractivity contribution in [3.05, 3.63) is 23.3 Å². The molecule has 0 aliphatic carbocycles. The fraction of sp³-hybridized carbons (Fsp3) is 0.500. The maximum Gasteiger partial charge on any atom is 0.324 e. The average molecular weight is 245 g/mol. The molecule has 2 aliphatic rings. The van der Waals surface area contributed by atoms with Gasteiger partial charge >= 0.3 is 6.03 Å². The van der Waals surface area contributed by atoms with Crippen molar-refractivity contribution < 1.29 is 4.79 Å². The molecule has 0 saturated carbocycles. The van der Waals surface area contributed by atoms with Crippen molar-refractivity contribution in [2.45, 2.75) is 26.2 Å². The number of nitrogen functional groups attached to an aromatic ring is 1. The number of rotatable bonds is 0. The van der Waals surface area contributed by atoms with Gasteiger partial charge in [0.1, 0.15) is 0 Å². The number of carbonyl (C=O) groups excluding carboxylic acids is 1. The van der Waals surface area contributed by atoms with Gasteiger partial charge in [-0.2, -0.15) is 0 Å². The van der Waals surface area contributed by atoms with Gasteiger partial charge < -0.3 is 10.6 Å². The quantitative estimate of drug-likeness (QED) is 0.712. The summed E-state index contributed by atoms with van der Waals surface area (Å²) >= 11 is 0. The number of benzene rings is 1. The number of likely N-dealkylation sites (tertiary alicyclic amines) is 1. The first-order chi connectivity index (χ1) is 8.66. The number of fused-ring (bicyclic) bond motifs is 1. The van der Waals surface area contributed by atoms with Gasteiger partial charge in [0, 0.05) is 25.3 Å². The molecular formula is C14H19N3O. The third-order valence-corrected chi connectivity index (χ3v) is 3.97. The largest absolute Gasteiger partial charge is 0.398 e. The van der Waals surface area contributed by atoms with Gasteiger partial charge in [0.15, 0.2) is 0 Å². The zero-order chi connectivity index (χ0) is 12.7. The Labute approximate surface area is 107 Å². The van der Waals surface area contributed by atoms with E-state index in [0.29, 0.717) is 0 Å². The number of urea groups is 1. The summed E-state index contributed by atoms with van der Waals surface area (Å²) in [6.45, 7) is 4.59. The molecule has 1 saturated heterocycles. The first-order valence-corrected chi connectivity index (χ1v) is 6.62. The molecular weight excluding hydrogens is 226 g/mol. The molecule has 0 bridgehead atoms. The first kappa shape index (κ1) is 11.4. The van der Waals surface area contributed by atoms with Gasteiger partial charge in [0.2, 0.25) is 0 Å². The van der Waals surface area contributed by atoms with Crippen LogP contribution in [0.3, 0.4) is 0 Å². The van der Waals surface area contributed by atoms with Gasteiger partial charge in [-0.25, -0.2) is 4.79 Å². The van der Waals surface area contributed by atoms with Crippen LogP contribution < -0.4 is 10.6 Å². The number of aryl methyl sites for hydroxylation is 1. The Morgan fingerprint density at radius 3 is 2.67 bits per heavy atom. The average Bonchev–Trinajstić information content (AvgIpc) is 2.98. The summed E-state index contributed by atoms with van der Waals surface area (Å²) in [5.74, 6) is 0. The van der Waals surface area contributed by atoms with Crippen LogP contribution in [0.15, 0.2) is 12.1 Å². The minimum atomic E-state index is 0.148. The molecule has 2 amide bonds. The minimum Gasteiger partial charge on any atom is -0.398 e. The highest BCUT2D eigenvalue weighted by Crippen LogP contribution is 2.33. The van der Waals surface area contributed by atoms with Crippen LogP contribution in [-0.4, -0.2) is 30.6 Å². The summed E-state index contributed by atoms with van der Waals surface area (Å²) in [6.07, 6.45) is 3.20. The van der Waals surface area contributed by atoms with Crippen molar-refractivity contribution >= 4 is 17.4 Å². The molecule has 2 heterocycles. The molecule has 2 N–H and O–H groups in total. The number of amides is 2. The van der Waals surface area contributed by atoms with E-state index in [9.17, 15) is 4.79 Å². The Bertz CT molecular complexity index is 492. The predicted octanol–water partition coefficient (Wildman–Crippen LogP) is 2.16. The molecule has 4 nitrogen and oxygen atoms in total. The maximum atomic E-state index is 12.4. The lowest BCUT2D eigenvalue weighted by atomic mass is 10.1. The van der Waals surface area contributed by atoms with Gasteiger partial charge in [-0.3, -0.25) is 4.90 Å². The van der Waals surface area contributed by atoms with Crippen molar-refractivity contribution in [2.75, 3.05) is 30.3 Å². The Kier molecular flexibility index (Phi) is 2.65. The Morgan fingerprint density at radius 1 is 1.22 bits per heavy atom. The molecule has 18 heavy (non-hydrogen) atoms. The minimum absolute atomic E-state index is 0.148. The van der Waals surface area contributed by atoms with Crippen molar-refractivity contribution in [1.29, 1.82) is 0 Å². The highest BCUT2D eigenvalue weighted by Gasteiger charge is 2.30. The van der Waals surface area contributed by atoms with E-state index in [1.807, 2.05) is 22.8 Å². The first-order valence-electron chi connectivity index (χ1n) is 6.62. The lowest BCUT2D eigenvalue weighted by molar-refractivity contribution is 0.216. The standard InChI is InChI=1S/C14H19N3O/c1-10-8-11-4-7-17(13(11)9-12(10)15)14(18)16-5-2-3-6-16/h8-9H,2-7,15H2,1H3. The zero-order valence-electron chi connectivity index (χ0n) is 10.8. The van der Waals surface area contributed by atoms with E-state index >= 15 is 0 Å². The number of nitrogens with two attached hydrogens (primary N) is 1. The number of nitrogens with zero attached hydrogens (tertiary/aromatic N) is 2. The normalized spacial score (nSPS) is 18.3. The van der Waals surface area contributed by atoms with E-state index in [1.165, 1.54) is 5.56 Å². The van der Waals surface area contributed by atoms with Crippen molar-refractivity contribution in [2.24, 2.45) is 0 Å². The Hall–Kier alpha value is -1.71. The van der Waals surface area contributed by atoms with Crippen molar-refractivity contribution in [3.63, 3.8) is 0 Å². The second kappa shape index (κ2) is 4.19.